The van der Waals surface area contributed by atoms with E-state index >= 15 is 0 Å². The van der Waals surface area contributed by atoms with Gasteiger partial charge >= 0.3 is 0 Å². The molecule has 0 amide bonds. The third kappa shape index (κ3) is 3.02. The van der Waals surface area contributed by atoms with Crippen molar-refractivity contribution in [3.05, 3.63) is 41.0 Å². The first-order valence-electron chi connectivity index (χ1n) is 4.88. The van der Waals surface area contributed by atoms with Crippen LogP contribution in [0.25, 0.3) is 0 Å². The van der Waals surface area contributed by atoms with E-state index in [0.29, 0.717) is 6.04 Å². The van der Waals surface area contributed by atoms with E-state index in [1.54, 1.807) is 23.9 Å². The van der Waals surface area contributed by atoms with E-state index in [-0.39, 0.29) is 0 Å². The number of rotatable bonds is 4. The fourth-order valence-corrected chi connectivity index (χ4v) is 2.12. The van der Waals surface area contributed by atoms with Gasteiger partial charge in [-0.25, -0.2) is 9.97 Å². The Morgan fingerprint density at radius 3 is 3.07 bits per heavy atom. The molecule has 0 fully saturated rings. The SMILES string of the molecule is CC(Cc1ccsc1)Nc1ccncn1. The monoisotopic (exact) mass is 219 g/mol. The highest BCUT2D eigenvalue weighted by molar-refractivity contribution is 7.07. The van der Waals surface area contributed by atoms with Gasteiger partial charge in [0, 0.05) is 12.2 Å². The minimum Gasteiger partial charge on any atom is -0.367 e. The lowest BCUT2D eigenvalue weighted by Crippen LogP contribution is -2.18. The average molecular weight is 219 g/mol. The van der Waals surface area contributed by atoms with Gasteiger partial charge in [-0.05, 0) is 41.8 Å². The fraction of sp³-hybridized carbons (Fsp3) is 0.273. The lowest BCUT2D eigenvalue weighted by atomic mass is 10.1. The molecule has 2 aromatic rings. The number of hydrogen-bond acceptors (Lipinski definition) is 4. The topological polar surface area (TPSA) is 37.8 Å². The third-order valence-corrected chi connectivity index (χ3v) is 2.83. The van der Waals surface area contributed by atoms with Gasteiger partial charge in [0.2, 0.25) is 0 Å². The molecule has 2 rings (SSSR count). The minimum absolute atomic E-state index is 0.384. The van der Waals surface area contributed by atoms with Gasteiger partial charge in [0.15, 0.2) is 0 Å². The van der Waals surface area contributed by atoms with Crippen LogP contribution < -0.4 is 5.32 Å². The molecule has 1 atom stereocenters. The van der Waals surface area contributed by atoms with Crippen LogP contribution in [0.15, 0.2) is 35.4 Å². The largest absolute Gasteiger partial charge is 0.367 e. The number of nitrogens with zero attached hydrogens (tertiary/aromatic N) is 2. The van der Waals surface area contributed by atoms with Crippen molar-refractivity contribution in [1.82, 2.24) is 9.97 Å². The van der Waals surface area contributed by atoms with E-state index in [9.17, 15) is 0 Å². The molecule has 0 saturated carbocycles. The maximum atomic E-state index is 4.13. The summed E-state index contributed by atoms with van der Waals surface area (Å²) in [6.45, 7) is 2.15. The number of aromatic nitrogens is 2. The van der Waals surface area contributed by atoms with E-state index in [0.717, 1.165) is 12.2 Å². The summed E-state index contributed by atoms with van der Waals surface area (Å²) in [4.78, 5) is 8.01. The summed E-state index contributed by atoms with van der Waals surface area (Å²) in [5.41, 5.74) is 1.37. The molecule has 0 spiro atoms. The Hall–Kier alpha value is -1.42. The molecule has 1 unspecified atom stereocenters. The highest BCUT2D eigenvalue weighted by Crippen LogP contribution is 2.11. The van der Waals surface area contributed by atoms with Crippen molar-refractivity contribution in [3.8, 4) is 0 Å². The predicted octanol–water partition coefficient (Wildman–Crippen LogP) is 2.58. The maximum Gasteiger partial charge on any atom is 0.129 e. The number of anilines is 1. The second kappa shape index (κ2) is 4.89. The van der Waals surface area contributed by atoms with Gasteiger partial charge in [-0.1, -0.05) is 0 Å². The Balaban J connectivity index is 1.90. The lowest BCUT2D eigenvalue weighted by molar-refractivity contribution is 0.786. The molecule has 0 bridgehead atoms. The summed E-state index contributed by atoms with van der Waals surface area (Å²) in [6.07, 6.45) is 4.32. The fourth-order valence-electron chi connectivity index (χ4n) is 1.44. The first kappa shape index (κ1) is 10.1. The molecule has 0 aliphatic heterocycles. The van der Waals surface area contributed by atoms with E-state index in [4.69, 9.17) is 0 Å². The summed E-state index contributed by atoms with van der Waals surface area (Å²) in [7, 11) is 0. The second-order valence-electron chi connectivity index (χ2n) is 3.48. The summed E-state index contributed by atoms with van der Waals surface area (Å²) in [5.74, 6) is 0.882. The first-order valence-corrected chi connectivity index (χ1v) is 5.82. The number of thiophene rings is 1. The molecule has 1 N–H and O–H groups in total. The Morgan fingerprint density at radius 1 is 1.47 bits per heavy atom. The molecule has 2 aromatic heterocycles. The maximum absolute atomic E-state index is 4.13. The van der Waals surface area contributed by atoms with Crippen molar-refractivity contribution >= 4 is 17.2 Å². The van der Waals surface area contributed by atoms with Crippen molar-refractivity contribution in [3.63, 3.8) is 0 Å². The van der Waals surface area contributed by atoms with Crippen LogP contribution in [-0.4, -0.2) is 16.0 Å². The molecule has 0 radical (unpaired) electrons. The van der Waals surface area contributed by atoms with Crippen LogP contribution in [0.4, 0.5) is 5.82 Å². The Kier molecular flexibility index (Phi) is 3.29. The van der Waals surface area contributed by atoms with E-state index in [1.807, 2.05) is 6.07 Å². The summed E-state index contributed by atoms with van der Waals surface area (Å²) in [6, 6.07) is 4.42. The van der Waals surface area contributed by atoms with E-state index < -0.39 is 0 Å². The summed E-state index contributed by atoms with van der Waals surface area (Å²) >= 11 is 1.73. The van der Waals surface area contributed by atoms with Crippen LogP contribution in [0, 0.1) is 0 Å². The van der Waals surface area contributed by atoms with Crippen molar-refractivity contribution in [2.75, 3.05) is 5.32 Å². The summed E-state index contributed by atoms with van der Waals surface area (Å²) < 4.78 is 0. The number of hydrogen-bond donors (Lipinski definition) is 1. The normalized spacial score (nSPS) is 12.3. The van der Waals surface area contributed by atoms with Gasteiger partial charge in [0.25, 0.3) is 0 Å². The smallest absolute Gasteiger partial charge is 0.129 e. The van der Waals surface area contributed by atoms with Crippen molar-refractivity contribution in [1.29, 1.82) is 0 Å². The Morgan fingerprint density at radius 2 is 2.40 bits per heavy atom. The van der Waals surface area contributed by atoms with Crippen molar-refractivity contribution < 1.29 is 0 Å². The van der Waals surface area contributed by atoms with Crippen LogP contribution in [0.3, 0.4) is 0 Å². The van der Waals surface area contributed by atoms with Crippen molar-refractivity contribution in [2.24, 2.45) is 0 Å². The van der Waals surface area contributed by atoms with Crippen LogP contribution >= 0.6 is 11.3 Å². The second-order valence-corrected chi connectivity index (χ2v) is 4.26. The molecule has 2 heterocycles. The molecule has 15 heavy (non-hydrogen) atoms. The van der Waals surface area contributed by atoms with Gasteiger partial charge in [0.1, 0.15) is 12.1 Å². The zero-order valence-corrected chi connectivity index (χ0v) is 9.37. The standard InChI is InChI=1S/C11H13N3S/c1-9(6-10-3-5-15-7-10)14-11-2-4-12-8-13-11/h2-5,7-9H,6H2,1H3,(H,12,13,14). The highest BCUT2D eigenvalue weighted by atomic mass is 32.1. The zero-order chi connectivity index (χ0) is 10.5. The lowest BCUT2D eigenvalue weighted by Gasteiger charge is -2.12. The summed E-state index contributed by atoms with van der Waals surface area (Å²) in [5, 5.41) is 7.62. The molecular formula is C11H13N3S. The zero-order valence-electron chi connectivity index (χ0n) is 8.55. The van der Waals surface area contributed by atoms with Gasteiger partial charge in [-0.15, -0.1) is 0 Å². The quantitative estimate of drug-likeness (QED) is 0.858. The highest BCUT2D eigenvalue weighted by Gasteiger charge is 2.03. The molecular weight excluding hydrogens is 206 g/mol. The predicted molar refractivity (Wildman–Crippen MR) is 63.1 cm³/mol. The Bertz CT molecular complexity index is 385. The number of nitrogens with one attached hydrogen (secondary N) is 1. The van der Waals surface area contributed by atoms with Gasteiger partial charge < -0.3 is 5.32 Å². The van der Waals surface area contributed by atoms with Gasteiger partial charge in [-0.3, -0.25) is 0 Å². The molecule has 0 aliphatic carbocycles. The average Bonchev–Trinajstić information content (AvgIpc) is 2.71. The molecule has 3 nitrogen and oxygen atoms in total. The van der Waals surface area contributed by atoms with E-state index in [1.165, 1.54) is 5.56 Å². The molecule has 78 valence electrons. The molecule has 0 saturated heterocycles. The van der Waals surface area contributed by atoms with E-state index in [2.05, 4.69) is 39.0 Å². The molecule has 0 aliphatic rings. The van der Waals surface area contributed by atoms with Crippen LogP contribution in [0.1, 0.15) is 12.5 Å². The van der Waals surface area contributed by atoms with Crippen LogP contribution in [-0.2, 0) is 6.42 Å². The molecule has 0 aromatic carbocycles. The first-order chi connectivity index (χ1) is 7.34. The van der Waals surface area contributed by atoms with Crippen molar-refractivity contribution in [2.45, 2.75) is 19.4 Å². The van der Waals surface area contributed by atoms with Crippen LogP contribution in [0.5, 0.6) is 0 Å². The van der Waals surface area contributed by atoms with Crippen LogP contribution in [0.2, 0.25) is 0 Å². The minimum atomic E-state index is 0.384. The third-order valence-electron chi connectivity index (χ3n) is 2.10. The molecule has 4 heteroatoms. The Labute approximate surface area is 93.2 Å². The van der Waals surface area contributed by atoms with Gasteiger partial charge in [-0.2, -0.15) is 11.3 Å². The van der Waals surface area contributed by atoms with Gasteiger partial charge in [0.05, 0.1) is 0 Å².